The van der Waals surface area contributed by atoms with Crippen LogP contribution >= 0.6 is 0 Å². The van der Waals surface area contributed by atoms with Crippen molar-refractivity contribution >= 4 is 4.87 Å². The minimum absolute atomic E-state index is 0.368. The molecule has 0 amide bonds. The van der Waals surface area contributed by atoms with Gasteiger partial charge in [-0.2, -0.15) is 0 Å². The molecule has 0 aliphatic heterocycles. The predicted octanol–water partition coefficient (Wildman–Crippen LogP) is -0.379. The van der Waals surface area contributed by atoms with Gasteiger partial charge in [0, 0.05) is 0 Å². The quantitative estimate of drug-likeness (QED) is 0.469. The molecule has 0 spiro atoms. The zero-order chi connectivity index (χ0) is 4.28. The van der Waals surface area contributed by atoms with E-state index in [1.807, 2.05) is 0 Å². The van der Waals surface area contributed by atoms with Crippen LogP contribution in [0.2, 0.25) is 0 Å². The third-order valence-electron chi connectivity index (χ3n) is 0.0745. The van der Waals surface area contributed by atoms with Crippen molar-refractivity contribution in [1.29, 1.82) is 0 Å². The van der Waals surface area contributed by atoms with E-state index in [2.05, 4.69) is 4.75 Å². The van der Waals surface area contributed by atoms with E-state index in [0.29, 0.717) is 15.2 Å². The molecule has 3 N–H and O–H groups in total. The van der Waals surface area contributed by atoms with Crippen molar-refractivity contribution in [2.75, 3.05) is 0 Å². The van der Waals surface area contributed by atoms with Crippen LogP contribution in [0.5, 0.6) is 0 Å². The molecule has 3 nitrogen and oxygen atoms in total. The Balaban J connectivity index is 2.85. The number of carbonyl (C=O) groups is 1. The van der Waals surface area contributed by atoms with E-state index in [1.165, 1.54) is 0 Å². The first-order valence-corrected chi connectivity index (χ1v) is 1.77. The Morgan fingerprint density at radius 3 is 2.20 bits per heavy atom. The maximum absolute atomic E-state index is 9.20. The monoisotopic (exact) mass is 124 g/mol. The molecule has 0 aromatic rings. The van der Waals surface area contributed by atoms with Gasteiger partial charge in [-0.1, -0.05) is 0 Å². The number of nitrogens with two attached hydrogens (primary N) is 1. The number of hydrogen-bond donors (Lipinski definition) is 2. The Kier molecular flexibility index (Phi) is 2.18. The maximum atomic E-state index is 9.20. The Morgan fingerprint density at radius 1 is 2.00 bits per heavy atom. The summed E-state index contributed by atoms with van der Waals surface area (Å²) in [5.74, 6) is 0. The van der Waals surface area contributed by atoms with Crippen molar-refractivity contribution in [3.63, 3.8) is 0 Å². The second-order valence-electron chi connectivity index (χ2n) is 0.307. The molecule has 35 valence electrons. The van der Waals surface area contributed by atoms with Crippen molar-refractivity contribution in [1.82, 2.24) is 0 Å². The fourth-order valence-electron chi connectivity index (χ4n) is 0. The van der Waals surface area contributed by atoms with E-state index in [9.17, 15) is 4.79 Å². The van der Waals surface area contributed by atoms with Crippen molar-refractivity contribution < 1.29 is 25.1 Å². The van der Waals surface area contributed by atoms with Gasteiger partial charge in [0.25, 0.3) is 0 Å². The molecular formula is CH3CuNO2. The zero-order valence-corrected chi connectivity index (χ0v) is 3.18. The number of rotatable bonds is 1. The summed E-state index contributed by atoms with van der Waals surface area (Å²) < 4.78 is 4.48. The van der Waals surface area contributed by atoms with Gasteiger partial charge < -0.3 is 0 Å². The van der Waals surface area contributed by atoms with Crippen molar-refractivity contribution in [3.8, 4) is 0 Å². The summed E-state index contributed by atoms with van der Waals surface area (Å²) in [5, 5.41) is 7.56. The van der Waals surface area contributed by atoms with Crippen LogP contribution in [-0.2, 0) is 15.2 Å². The molecule has 0 rings (SSSR count). The molecular weight excluding hydrogens is 122 g/mol. The summed E-state index contributed by atoms with van der Waals surface area (Å²) in [7, 11) is 0. The molecule has 0 radical (unpaired) electrons. The van der Waals surface area contributed by atoms with E-state index in [4.69, 9.17) is 5.11 Å². The Labute approximate surface area is 35.5 Å². The van der Waals surface area contributed by atoms with Crippen LogP contribution in [0, 0.1) is 0 Å². The van der Waals surface area contributed by atoms with Crippen LogP contribution in [0.3, 0.4) is 0 Å². The molecule has 0 fully saturated rings. The summed E-state index contributed by atoms with van der Waals surface area (Å²) in [6, 6.07) is 0. The normalized spacial score (nSPS) is 8.20. The van der Waals surface area contributed by atoms with Gasteiger partial charge in [-0.25, -0.2) is 0 Å². The topological polar surface area (TPSA) is 63.3 Å². The second kappa shape index (κ2) is 2.20. The first-order chi connectivity index (χ1) is 2.27. The molecule has 0 aromatic carbocycles. The van der Waals surface area contributed by atoms with Gasteiger partial charge in [0.15, 0.2) is 0 Å². The second-order valence-corrected chi connectivity index (χ2v) is 0.982. The molecule has 0 aliphatic carbocycles. The summed E-state index contributed by atoms with van der Waals surface area (Å²) in [5.41, 5.74) is 0. The molecule has 0 atom stereocenters. The fraction of sp³-hybridized carbons (Fsp3) is 0. The van der Waals surface area contributed by atoms with Crippen LogP contribution in [0.15, 0.2) is 0 Å². The first-order valence-electron chi connectivity index (χ1n) is 0.753. The molecule has 0 saturated carbocycles. The SMILES string of the molecule is [NH2][Cu][C](=O)O. The van der Waals surface area contributed by atoms with E-state index < -0.39 is 4.87 Å². The molecule has 0 aliphatic rings. The molecule has 4 heteroatoms. The standard InChI is InChI=1S/CHO2.Cu.H2N/c2-1-3;;/h(H,2,3);;1H2/q;+1;-1. The Hall–Kier alpha value is -0.0505. The zero-order valence-electron chi connectivity index (χ0n) is 2.23. The van der Waals surface area contributed by atoms with Crippen LogP contribution in [0.1, 0.15) is 0 Å². The summed E-state index contributed by atoms with van der Waals surface area (Å²) in [4.78, 5) is 8.14. The average Bonchev–Trinajstić information content (AvgIpc) is 1.38. The van der Waals surface area contributed by atoms with E-state index in [1.54, 1.807) is 0 Å². The van der Waals surface area contributed by atoms with E-state index >= 15 is 0 Å². The molecule has 0 heterocycles. The van der Waals surface area contributed by atoms with E-state index in [-0.39, 0.29) is 0 Å². The van der Waals surface area contributed by atoms with Gasteiger partial charge in [0.1, 0.15) is 0 Å². The third kappa shape index (κ3) is 3.95. The summed E-state index contributed by atoms with van der Waals surface area (Å²) in [6.07, 6.45) is 0. The molecule has 0 saturated heterocycles. The number of hydrogen-bond acceptors (Lipinski definition) is 2. The average molecular weight is 125 g/mol. The van der Waals surface area contributed by atoms with Crippen LogP contribution in [0.4, 0.5) is 4.79 Å². The minimum atomic E-state index is -1.06. The van der Waals surface area contributed by atoms with Crippen LogP contribution in [-0.4, -0.2) is 9.97 Å². The molecule has 0 aromatic heterocycles. The fourth-order valence-corrected chi connectivity index (χ4v) is 0. The Bertz CT molecular complexity index is 44.9. The van der Waals surface area contributed by atoms with Crippen molar-refractivity contribution in [2.45, 2.75) is 0 Å². The molecule has 0 bridgehead atoms. The van der Waals surface area contributed by atoms with Gasteiger partial charge >= 0.3 is 34.7 Å². The van der Waals surface area contributed by atoms with Crippen molar-refractivity contribution in [3.05, 3.63) is 0 Å². The van der Waals surface area contributed by atoms with Gasteiger partial charge in [0.2, 0.25) is 0 Å². The van der Waals surface area contributed by atoms with Crippen LogP contribution in [0.25, 0.3) is 0 Å². The molecule has 5 heavy (non-hydrogen) atoms. The number of carboxylic acid groups (broad SMARTS) is 1. The van der Waals surface area contributed by atoms with Crippen LogP contribution < -0.4 is 4.75 Å². The summed E-state index contributed by atoms with van der Waals surface area (Å²) >= 11 is 0.368. The van der Waals surface area contributed by atoms with Gasteiger partial charge in [-0.05, 0) is 0 Å². The predicted molar refractivity (Wildman–Crippen MR) is 12.2 cm³/mol. The molecule has 0 unspecified atom stereocenters. The summed E-state index contributed by atoms with van der Waals surface area (Å²) in [6.45, 7) is 0. The third-order valence-corrected chi connectivity index (χ3v) is 0.307. The first kappa shape index (κ1) is 4.95. The van der Waals surface area contributed by atoms with E-state index in [0.717, 1.165) is 0 Å². The van der Waals surface area contributed by atoms with Gasteiger partial charge in [-0.3, -0.25) is 0 Å². The van der Waals surface area contributed by atoms with Gasteiger partial charge in [0.05, 0.1) is 0 Å². The van der Waals surface area contributed by atoms with Gasteiger partial charge in [-0.15, -0.1) is 0 Å². The Morgan fingerprint density at radius 2 is 2.20 bits per heavy atom. The van der Waals surface area contributed by atoms with Crippen molar-refractivity contribution in [2.24, 2.45) is 4.75 Å².